The molecule has 0 amide bonds. The van der Waals surface area contributed by atoms with Crippen molar-refractivity contribution in [3.05, 3.63) is 21.1 Å². The lowest BCUT2D eigenvalue weighted by atomic mass is 10.6. The highest BCUT2D eigenvalue weighted by Gasteiger charge is 2.07. The van der Waals surface area contributed by atoms with Gasteiger partial charge in [0.25, 0.3) is 0 Å². The minimum atomic E-state index is 0.217. The van der Waals surface area contributed by atoms with Gasteiger partial charge in [-0.1, -0.05) is 50.7 Å². The third kappa shape index (κ3) is 2.12. The SMILES string of the molecule is ClC(=CBr)c1nc(Cl)c(Cl)[nH]1. The predicted molar refractivity (Wildman–Crippen MR) is 51.4 cm³/mol. The minimum Gasteiger partial charge on any atom is -0.327 e. The summed E-state index contributed by atoms with van der Waals surface area (Å²) in [6, 6.07) is 0. The summed E-state index contributed by atoms with van der Waals surface area (Å²) < 4.78 is 0. The number of aromatic amines is 1. The van der Waals surface area contributed by atoms with Crippen LogP contribution in [0.5, 0.6) is 0 Å². The Morgan fingerprint density at radius 1 is 1.55 bits per heavy atom. The Labute approximate surface area is 86.7 Å². The van der Waals surface area contributed by atoms with Crippen LogP contribution >= 0.6 is 50.7 Å². The van der Waals surface area contributed by atoms with Crippen LogP contribution in [-0.2, 0) is 0 Å². The fourth-order valence-electron chi connectivity index (χ4n) is 0.496. The van der Waals surface area contributed by atoms with Gasteiger partial charge in [-0.2, -0.15) is 0 Å². The summed E-state index contributed by atoms with van der Waals surface area (Å²) in [5, 5.41) is 0.919. The Bertz CT molecular complexity index is 274. The van der Waals surface area contributed by atoms with Crippen molar-refractivity contribution in [3.63, 3.8) is 0 Å². The molecule has 0 saturated carbocycles. The van der Waals surface area contributed by atoms with E-state index in [1.807, 2.05) is 0 Å². The number of imidazole rings is 1. The van der Waals surface area contributed by atoms with Gasteiger partial charge in [-0.15, -0.1) is 0 Å². The van der Waals surface area contributed by atoms with E-state index in [-0.39, 0.29) is 10.3 Å². The average molecular weight is 276 g/mol. The van der Waals surface area contributed by atoms with Crippen molar-refractivity contribution in [2.24, 2.45) is 0 Å². The highest BCUT2D eigenvalue weighted by atomic mass is 79.9. The number of hydrogen-bond donors (Lipinski definition) is 1. The molecule has 0 unspecified atom stereocenters. The Morgan fingerprint density at radius 2 is 2.18 bits per heavy atom. The first-order valence-electron chi connectivity index (χ1n) is 2.52. The second-order valence-electron chi connectivity index (χ2n) is 1.65. The maximum absolute atomic E-state index is 5.68. The van der Waals surface area contributed by atoms with E-state index >= 15 is 0 Å². The molecule has 0 atom stereocenters. The van der Waals surface area contributed by atoms with Crippen molar-refractivity contribution in [3.8, 4) is 0 Å². The van der Waals surface area contributed by atoms with Crippen LogP contribution in [0, 0.1) is 0 Å². The summed E-state index contributed by atoms with van der Waals surface area (Å²) in [5.74, 6) is 0.443. The molecule has 0 bridgehead atoms. The molecule has 1 aromatic rings. The Balaban J connectivity index is 3.07. The second kappa shape index (κ2) is 3.81. The fourth-order valence-corrected chi connectivity index (χ4v) is 1.07. The van der Waals surface area contributed by atoms with Gasteiger partial charge in [-0.05, 0) is 0 Å². The molecule has 1 aromatic heterocycles. The van der Waals surface area contributed by atoms with E-state index in [2.05, 4.69) is 25.9 Å². The first-order chi connectivity index (χ1) is 5.15. The summed E-state index contributed by atoms with van der Waals surface area (Å²) in [4.78, 5) is 8.03. The molecule has 60 valence electrons. The normalized spacial score (nSPS) is 12.2. The summed E-state index contributed by atoms with van der Waals surface area (Å²) in [6.07, 6.45) is 0. The maximum atomic E-state index is 5.68. The van der Waals surface area contributed by atoms with Crippen LogP contribution in [0.1, 0.15) is 5.82 Å². The molecule has 0 aliphatic heterocycles. The van der Waals surface area contributed by atoms with Gasteiger partial charge in [0, 0.05) is 4.99 Å². The monoisotopic (exact) mass is 274 g/mol. The molecule has 1 heterocycles. The van der Waals surface area contributed by atoms with Crippen molar-refractivity contribution in [1.29, 1.82) is 0 Å². The molecule has 6 heteroatoms. The van der Waals surface area contributed by atoms with E-state index < -0.39 is 0 Å². The van der Waals surface area contributed by atoms with E-state index in [0.717, 1.165) is 0 Å². The second-order valence-corrected chi connectivity index (χ2v) is 3.25. The van der Waals surface area contributed by atoms with Crippen LogP contribution in [0.2, 0.25) is 10.3 Å². The van der Waals surface area contributed by atoms with Crippen LogP contribution in [-0.4, -0.2) is 9.97 Å². The number of hydrogen-bond acceptors (Lipinski definition) is 1. The molecule has 1 N–H and O–H groups in total. The van der Waals surface area contributed by atoms with E-state index in [1.165, 1.54) is 4.99 Å². The molecular formula is C5H2BrCl3N2. The van der Waals surface area contributed by atoms with Crippen molar-refractivity contribution in [1.82, 2.24) is 9.97 Å². The van der Waals surface area contributed by atoms with Crippen molar-refractivity contribution < 1.29 is 0 Å². The summed E-state index contributed by atoms with van der Waals surface area (Å²) in [5.41, 5.74) is 0. The number of H-pyrrole nitrogens is 1. The molecule has 0 radical (unpaired) electrons. The topological polar surface area (TPSA) is 28.7 Å². The highest BCUT2D eigenvalue weighted by molar-refractivity contribution is 9.11. The third-order valence-corrected chi connectivity index (χ3v) is 2.59. The lowest BCUT2D eigenvalue weighted by Crippen LogP contribution is -1.77. The summed E-state index contributed by atoms with van der Waals surface area (Å²) in [6.45, 7) is 0. The van der Waals surface area contributed by atoms with E-state index in [4.69, 9.17) is 34.8 Å². The predicted octanol–water partition coefficient (Wildman–Crippen LogP) is 3.65. The number of nitrogens with zero attached hydrogens (tertiary/aromatic N) is 1. The van der Waals surface area contributed by atoms with E-state index in [0.29, 0.717) is 10.9 Å². The maximum Gasteiger partial charge on any atom is 0.166 e. The Hall–Kier alpha value is 0.300. The van der Waals surface area contributed by atoms with Gasteiger partial charge in [-0.25, -0.2) is 4.98 Å². The fraction of sp³-hybridized carbons (Fsp3) is 0. The van der Waals surface area contributed by atoms with Crippen molar-refractivity contribution in [2.45, 2.75) is 0 Å². The highest BCUT2D eigenvalue weighted by Crippen LogP contribution is 2.24. The average Bonchev–Trinajstić information content (AvgIpc) is 2.31. The van der Waals surface area contributed by atoms with Crippen LogP contribution in [0.4, 0.5) is 0 Å². The summed E-state index contributed by atoms with van der Waals surface area (Å²) in [7, 11) is 0. The molecule has 11 heavy (non-hydrogen) atoms. The van der Waals surface area contributed by atoms with E-state index in [9.17, 15) is 0 Å². The molecule has 0 saturated heterocycles. The molecule has 0 aliphatic rings. The first kappa shape index (κ1) is 9.39. The van der Waals surface area contributed by atoms with Gasteiger partial charge in [0.05, 0.1) is 5.03 Å². The number of nitrogens with one attached hydrogen (secondary N) is 1. The molecule has 0 spiro atoms. The zero-order valence-electron chi connectivity index (χ0n) is 5.04. The molecular weight excluding hydrogens is 274 g/mol. The Kier molecular flexibility index (Phi) is 3.25. The molecule has 1 rings (SSSR count). The zero-order chi connectivity index (χ0) is 8.43. The smallest absolute Gasteiger partial charge is 0.166 e. The number of aromatic nitrogens is 2. The largest absolute Gasteiger partial charge is 0.327 e. The third-order valence-electron chi connectivity index (χ3n) is 0.941. The van der Waals surface area contributed by atoms with Crippen LogP contribution in [0.25, 0.3) is 5.03 Å². The lowest BCUT2D eigenvalue weighted by Gasteiger charge is -1.86. The minimum absolute atomic E-state index is 0.217. The zero-order valence-corrected chi connectivity index (χ0v) is 8.89. The van der Waals surface area contributed by atoms with Crippen molar-refractivity contribution in [2.75, 3.05) is 0 Å². The van der Waals surface area contributed by atoms with Crippen LogP contribution < -0.4 is 0 Å². The first-order valence-corrected chi connectivity index (χ1v) is 4.57. The van der Waals surface area contributed by atoms with Crippen molar-refractivity contribution >= 4 is 55.8 Å². The quantitative estimate of drug-likeness (QED) is 0.833. The van der Waals surface area contributed by atoms with E-state index in [1.54, 1.807) is 0 Å². The van der Waals surface area contributed by atoms with Gasteiger partial charge in [0.15, 0.2) is 11.0 Å². The lowest BCUT2D eigenvalue weighted by molar-refractivity contribution is 1.26. The molecule has 0 aromatic carbocycles. The van der Waals surface area contributed by atoms with Crippen LogP contribution in [0.15, 0.2) is 4.99 Å². The van der Waals surface area contributed by atoms with Crippen LogP contribution in [0.3, 0.4) is 0 Å². The van der Waals surface area contributed by atoms with Gasteiger partial charge >= 0.3 is 0 Å². The molecule has 0 aliphatic carbocycles. The number of halogens is 4. The number of rotatable bonds is 1. The molecule has 0 fully saturated rings. The Morgan fingerprint density at radius 3 is 2.55 bits per heavy atom. The standard InChI is InChI=1S/C5H2BrCl3N2/c6-1-2(7)5-10-3(8)4(9)11-5/h1H,(H,10,11). The molecule has 2 nitrogen and oxygen atoms in total. The van der Waals surface area contributed by atoms with Gasteiger partial charge in [0.2, 0.25) is 0 Å². The van der Waals surface area contributed by atoms with Gasteiger partial charge < -0.3 is 4.98 Å². The van der Waals surface area contributed by atoms with Gasteiger partial charge in [-0.3, -0.25) is 0 Å². The summed E-state index contributed by atoms with van der Waals surface area (Å²) >= 11 is 19.9. The van der Waals surface area contributed by atoms with Gasteiger partial charge in [0.1, 0.15) is 5.15 Å².